The lowest BCUT2D eigenvalue weighted by molar-refractivity contribution is 0.790. The first-order chi connectivity index (χ1) is 6.70. The van der Waals surface area contributed by atoms with Crippen LogP contribution in [0.2, 0.25) is 0 Å². The van der Waals surface area contributed by atoms with Crippen LogP contribution in [0, 0.1) is 0 Å². The fourth-order valence-corrected chi connectivity index (χ4v) is 2.07. The normalized spacial score (nSPS) is 10.2. The van der Waals surface area contributed by atoms with Crippen LogP contribution in [0.4, 0.5) is 11.4 Å². The van der Waals surface area contributed by atoms with Gasteiger partial charge in [0.15, 0.2) is 0 Å². The first-order valence-electron chi connectivity index (χ1n) is 4.84. The predicted molar refractivity (Wildman–Crippen MR) is 64.5 cm³/mol. The van der Waals surface area contributed by atoms with E-state index in [2.05, 4.69) is 39.7 Å². The van der Waals surface area contributed by atoms with Gasteiger partial charge in [-0.15, -0.1) is 0 Å². The summed E-state index contributed by atoms with van der Waals surface area (Å²) in [5.41, 5.74) is 7.68. The van der Waals surface area contributed by atoms with Gasteiger partial charge in [-0.05, 0) is 29.3 Å². The third-order valence-electron chi connectivity index (χ3n) is 2.09. The van der Waals surface area contributed by atoms with Crippen LogP contribution in [0.15, 0.2) is 16.9 Å². The van der Waals surface area contributed by atoms with E-state index in [-0.39, 0.29) is 0 Å². The summed E-state index contributed by atoms with van der Waals surface area (Å²) in [5, 5.41) is 0. The van der Waals surface area contributed by atoms with Crippen molar-refractivity contribution in [2.24, 2.45) is 0 Å². The minimum absolute atomic E-state index is 0.731. The summed E-state index contributed by atoms with van der Waals surface area (Å²) in [4.78, 5) is 6.27. The second-order valence-corrected chi connectivity index (χ2v) is 3.99. The Hall–Kier alpha value is -0.770. The molecule has 14 heavy (non-hydrogen) atoms. The molecular formula is C10H16BrN3. The highest BCUT2D eigenvalue weighted by Crippen LogP contribution is 2.30. The third-order valence-corrected chi connectivity index (χ3v) is 2.67. The number of halogens is 1. The van der Waals surface area contributed by atoms with Crippen molar-refractivity contribution >= 4 is 27.3 Å². The Labute approximate surface area is 93.4 Å². The highest BCUT2D eigenvalue weighted by Gasteiger charge is 2.10. The molecule has 78 valence electrons. The van der Waals surface area contributed by atoms with Gasteiger partial charge in [0.2, 0.25) is 0 Å². The zero-order valence-electron chi connectivity index (χ0n) is 8.63. The number of aromatic nitrogens is 1. The third kappa shape index (κ3) is 2.38. The van der Waals surface area contributed by atoms with Gasteiger partial charge in [0.05, 0.1) is 22.0 Å². The maximum Gasteiger partial charge on any atom is 0.0775 e. The van der Waals surface area contributed by atoms with E-state index in [0.717, 1.165) is 35.4 Å². The maximum absolute atomic E-state index is 5.89. The molecule has 1 rings (SSSR count). The minimum atomic E-state index is 0.731. The summed E-state index contributed by atoms with van der Waals surface area (Å²) in [6.45, 7) is 6.26. The molecule has 0 fully saturated rings. The highest BCUT2D eigenvalue weighted by molar-refractivity contribution is 9.10. The van der Waals surface area contributed by atoms with Crippen LogP contribution >= 0.6 is 15.9 Å². The van der Waals surface area contributed by atoms with Gasteiger partial charge in [0, 0.05) is 19.3 Å². The zero-order chi connectivity index (χ0) is 10.6. The van der Waals surface area contributed by atoms with E-state index in [1.165, 1.54) is 0 Å². The van der Waals surface area contributed by atoms with Crippen molar-refractivity contribution in [1.82, 2.24) is 4.98 Å². The van der Waals surface area contributed by atoms with Crippen molar-refractivity contribution in [2.45, 2.75) is 20.3 Å². The SMILES string of the molecule is CCCN(CC)c1c(N)cncc1Br. The Morgan fingerprint density at radius 2 is 2.14 bits per heavy atom. The molecule has 0 aliphatic carbocycles. The summed E-state index contributed by atoms with van der Waals surface area (Å²) < 4.78 is 0.966. The van der Waals surface area contributed by atoms with E-state index >= 15 is 0 Å². The summed E-state index contributed by atoms with van der Waals surface area (Å²) in [5.74, 6) is 0. The molecule has 0 spiro atoms. The number of anilines is 2. The molecule has 0 aliphatic rings. The molecule has 0 aromatic carbocycles. The zero-order valence-corrected chi connectivity index (χ0v) is 10.2. The summed E-state index contributed by atoms with van der Waals surface area (Å²) >= 11 is 3.47. The average molecular weight is 258 g/mol. The van der Waals surface area contributed by atoms with Crippen molar-refractivity contribution in [3.05, 3.63) is 16.9 Å². The van der Waals surface area contributed by atoms with Crippen LogP contribution in [0.3, 0.4) is 0 Å². The van der Waals surface area contributed by atoms with Gasteiger partial charge < -0.3 is 10.6 Å². The monoisotopic (exact) mass is 257 g/mol. The highest BCUT2D eigenvalue weighted by atomic mass is 79.9. The van der Waals surface area contributed by atoms with Crippen LogP contribution in [0.25, 0.3) is 0 Å². The van der Waals surface area contributed by atoms with E-state index in [1.807, 2.05) is 0 Å². The lowest BCUT2D eigenvalue weighted by atomic mass is 10.3. The molecule has 3 nitrogen and oxygen atoms in total. The molecule has 0 radical (unpaired) electrons. The van der Waals surface area contributed by atoms with Gasteiger partial charge in [-0.25, -0.2) is 0 Å². The van der Waals surface area contributed by atoms with Crippen molar-refractivity contribution in [2.75, 3.05) is 23.7 Å². The molecular weight excluding hydrogens is 242 g/mol. The maximum atomic E-state index is 5.89. The molecule has 0 aliphatic heterocycles. The Morgan fingerprint density at radius 1 is 1.43 bits per heavy atom. The van der Waals surface area contributed by atoms with Gasteiger partial charge in [0.25, 0.3) is 0 Å². The Balaban J connectivity index is 3.02. The molecule has 0 saturated heterocycles. The molecule has 1 aromatic rings. The molecule has 0 bridgehead atoms. The first-order valence-corrected chi connectivity index (χ1v) is 5.63. The molecule has 1 heterocycles. The molecule has 2 N–H and O–H groups in total. The van der Waals surface area contributed by atoms with Gasteiger partial charge >= 0.3 is 0 Å². The largest absolute Gasteiger partial charge is 0.396 e. The number of nitrogen functional groups attached to an aromatic ring is 1. The number of rotatable bonds is 4. The standard InChI is InChI=1S/C10H16BrN3/c1-3-5-14(4-2)10-8(11)6-13-7-9(10)12/h6-7H,3-5,12H2,1-2H3. The van der Waals surface area contributed by atoms with Crippen molar-refractivity contribution in [3.63, 3.8) is 0 Å². The van der Waals surface area contributed by atoms with Crippen molar-refractivity contribution in [1.29, 1.82) is 0 Å². The summed E-state index contributed by atoms with van der Waals surface area (Å²) in [6.07, 6.45) is 4.59. The van der Waals surface area contributed by atoms with Crippen LogP contribution in [0.1, 0.15) is 20.3 Å². The van der Waals surface area contributed by atoms with E-state index in [1.54, 1.807) is 12.4 Å². The molecule has 4 heteroatoms. The van der Waals surface area contributed by atoms with E-state index in [9.17, 15) is 0 Å². The van der Waals surface area contributed by atoms with Crippen molar-refractivity contribution in [3.8, 4) is 0 Å². The quantitative estimate of drug-likeness (QED) is 0.902. The smallest absolute Gasteiger partial charge is 0.0775 e. The predicted octanol–water partition coefficient (Wildman–Crippen LogP) is 2.66. The van der Waals surface area contributed by atoms with E-state index in [0.29, 0.717) is 0 Å². The molecule has 0 atom stereocenters. The van der Waals surface area contributed by atoms with Crippen LogP contribution in [-0.2, 0) is 0 Å². The van der Waals surface area contributed by atoms with Crippen LogP contribution in [-0.4, -0.2) is 18.1 Å². The van der Waals surface area contributed by atoms with Crippen LogP contribution in [0.5, 0.6) is 0 Å². The molecule has 1 aromatic heterocycles. The Bertz CT molecular complexity index is 281. The number of nitrogens with zero attached hydrogens (tertiary/aromatic N) is 2. The second-order valence-electron chi connectivity index (χ2n) is 3.14. The van der Waals surface area contributed by atoms with Gasteiger partial charge in [-0.1, -0.05) is 6.92 Å². The fourth-order valence-electron chi connectivity index (χ4n) is 1.47. The number of hydrogen-bond donors (Lipinski definition) is 1. The van der Waals surface area contributed by atoms with Gasteiger partial charge in [0.1, 0.15) is 0 Å². The number of pyridine rings is 1. The minimum Gasteiger partial charge on any atom is -0.396 e. The molecule has 0 unspecified atom stereocenters. The lowest BCUT2D eigenvalue weighted by Gasteiger charge is -2.24. The topological polar surface area (TPSA) is 42.1 Å². The number of hydrogen-bond acceptors (Lipinski definition) is 3. The number of nitrogens with two attached hydrogens (primary N) is 1. The Morgan fingerprint density at radius 3 is 2.64 bits per heavy atom. The first kappa shape index (κ1) is 11.3. The Kier molecular flexibility index (Phi) is 4.20. The van der Waals surface area contributed by atoms with Gasteiger partial charge in [-0.2, -0.15) is 0 Å². The van der Waals surface area contributed by atoms with Gasteiger partial charge in [-0.3, -0.25) is 4.98 Å². The molecule has 0 saturated carbocycles. The summed E-state index contributed by atoms with van der Waals surface area (Å²) in [7, 11) is 0. The second kappa shape index (κ2) is 5.20. The summed E-state index contributed by atoms with van der Waals surface area (Å²) in [6, 6.07) is 0. The lowest BCUT2D eigenvalue weighted by Crippen LogP contribution is -2.24. The average Bonchev–Trinajstić information content (AvgIpc) is 2.16. The molecule has 0 amide bonds. The van der Waals surface area contributed by atoms with E-state index in [4.69, 9.17) is 5.73 Å². The van der Waals surface area contributed by atoms with Crippen LogP contribution < -0.4 is 10.6 Å². The van der Waals surface area contributed by atoms with Crippen molar-refractivity contribution < 1.29 is 0 Å². The van der Waals surface area contributed by atoms with E-state index < -0.39 is 0 Å². The fraction of sp³-hybridized carbons (Fsp3) is 0.500.